The number of para-hydroxylation sites is 1. The van der Waals surface area contributed by atoms with Crippen molar-refractivity contribution in [2.45, 2.75) is 137 Å². The summed E-state index contributed by atoms with van der Waals surface area (Å²) in [5.41, 5.74) is 7.67. The van der Waals surface area contributed by atoms with Crippen LogP contribution >= 0.6 is 0 Å². The number of aromatic nitrogens is 1. The Kier molecular flexibility index (Phi) is 17.6. The smallest absolute Gasteiger partial charge is 0.411 e. The largest absolute Gasteiger partial charge is 0.422 e. The van der Waals surface area contributed by atoms with E-state index in [4.69, 9.17) is 15.2 Å². The highest BCUT2D eigenvalue weighted by atomic mass is 16.7. The molecule has 0 aliphatic rings. The van der Waals surface area contributed by atoms with Crippen LogP contribution in [0.3, 0.4) is 0 Å². The quantitative estimate of drug-likeness (QED) is 0.0671. The average Bonchev–Trinajstić information content (AvgIpc) is 3.33. The molecule has 0 aliphatic carbocycles. The minimum atomic E-state index is -1.44. The molecule has 0 aliphatic heterocycles. The Labute approximate surface area is 260 Å². The van der Waals surface area contributed by atoms with Gasteiger partial charge in [0, 0.05) is 36.6 Å². The van der Waals surface area contributed by atoms with E-state index in [9.17, 15) is 9.59 Å². The van der Waals surface area contributed by atoms with Crippen LogP contribution in [0.5, 0.6) is 0 Å². The molecule has 0 saturated heterocycles. The number of benzene rings is 1. The highest BCUT2D eigenvalue weighted by Crippen LogP contribution is 2.23. The fourth-order valence-electron chi connectivity index (χ4n) is 5.41. The predicted molar refractivity (Wildman–Crippen MR) is 178 cm³/mol. The summed E-state index contributed by atoms with van der Waals surface area (Å²) in [7, 11) is 0. The van der Waals surface area contributed by atoms with Crippen LogP contribution < -0.4 is 5.73 Å². The Balaban J connectivity index is 1.68. The molecule has 0 bridgehead atoms. The van der Waals surface area contributed by atoms with Gasteiger partial charge in [0.1, 0.15) is 0 Å². The fourth-order valence-corrected chi connectivity index (χ4v) is 5.41. The number of unbranched alkanes of at least 4 members (excludes halogenated alkanes) is 8. The monoisotopic (exact) mass is 595 g/mol. The lowest BCUT2D eigenvalue weighted by Crippen LogP contribution is -2.38. The Hall–Kier alpha value is -2.90. The molecule has 1 aromatic carbocycles. The minimum absolute atomic E-state index is 0.258. The first-order chi connectivity index (χ1) is 20.7. The summed E-state index contributed by atoms with van der Waals surface area (Å²) in [6.45, 7) is 11.9. The van der Waals surface area contributed by atoms with Gasteiger partial charge in [-0.15, -0.1) is 0 Å². The molecule has 7 nitrogen and oxygen atoms in total. The molecule has 1 unspecified atom stereocenters. The molecule has 0 fully saturated rings. The van der Waals surface area contributed by atoms with Crippen LogP contribution in [0.2, 0.25) is 0 Å². The third kappa shape index (κ3) is 14.0. The van der Waals surface area contributed by atoms with Gasteiger partial charge < -0.3 is 9.47 Å². The van der Waals surface area contributed by atoms with E-state index >= 15 is 0 Å². The minimum Gasteiger partial charge on any atom is -0.411 e. The molecular weight excluding hydrogens is 538 g/mol. The SMILES string of the molecule is CCCCC/C=C\C/C=C\CCCCCCCC(=O)OC(N)OC(=O)n1cc(CCN(C(C)C)C(C)C)c2ccccc21. The highest BCUT2D eigenvalue weighted by Gasteiger charge is 2.20. The molecule has 2 N–H and O–H groups in total. The molecular formula is C36H57N3O4. The van der Waals surface area contributed by atoms with Crippen molar-refractivity contribution >= 4 is 23.0 Å². The zero-order valence-electron chi connectivity index (χ0n) is 27.4. The van der Waals surface area contributed by atoms with E-state index in [1.54, 1.807) is 0 Å². The number of ether oxygens (including phenoxy) is 2. The van der Waals surface area contributed by atoms with Crippen molar-refractivity contribution in [1.82, 2.24) is 9.47 Å². The molecule has 43 heavy (non-hydrogen) atoms. The van der Waals surface area contributed by atoms with Crippen molar-refractivity contribution in [2.24, 2.45) is 5.73 Å². The first-order valence-electron chi connectivity index (χ1n) is 16.5. The van der Waals surface area contributed by atoms with Gasteiger partial charge in [0.15, 0.2) is 0 Å². The number of hydrogen-bond acceptors (Lipinski definition) is 6. The number of allylic oxidation sites excluding steroid dienone is 4. The molecule has 7 heteroatoms. The summed E-state index contributed by atoms with van der Waals surface area (Å²) in [6, 6.07) is 8.59. The normalized spacial score (nSPS) is 12.9. The standard InChI is InChI=1S/C36H57N3O4/c1-6-7-8-9-10-11-12-13-14-15-16-17-18-19-20-25-34(40)42-35(37)43-36(41)39-28-31(32-23-21-22-24-33(32)39)26-27-38(29(2)3)30(4)5/h10-11,13-14,21-24,28-30,35H,6-9,12,15-20,25-27,37H2,1-5H3/b11-10-,14-13-. The zero-order valence-corrected chi connectivity index (χ0v) is 27.4. The number of carbonyl (C=O) groups is 2. The van der Waals surface area contributed by atoms with E-state index in [1.807, 2.05) is 30.5 Å². The summed E-state index contributed by atoms with van der Waals surface area (Å²) in [6.07, 6.45) is 22.1. The van der Waals surface area contributed by atoms with Crippen molar-refractivity contribution in [3.8, 4) is 0 Å². The van der Waals surface area contributed by atoms with E-state index in [-0.39, 0.29) is 6.42 Å². The van der Waals surface area contributed by atoms with E-state index < -0.39 is 18.5 Å². The Morgan fingerprint density at radius 2 is 1.49 bits per heavy atom. The summed E-state index contributed by atoms with van der Waals surface area (Å²) in [5, 5.41) is 0.999. The van der Waals surface area contributed by atoms with Crippen molar-refractivity contribution in [3.63, 3.8) is 0 Å². The number of fused-ring (bicyclic) bond motifs is 1. The maximum absolute atomic E-state index is 13.0. The van der Waals surface area contributed by atoms with Gasteiger partial charge in [0.2, 0.25) is 0 Å². The molecule has 2 aromatic rings. The molecule has 1 atom stereocenters. The number of rotatable bonds is 21. The topological polar surface area (TPSA) is 86.8 Å². The average molecular weight is 596 g/mol. The van der Waals surface area contributed by atoms with Crippen LogP contribution in [-0.2, 0) is 20.7 Å². The number of esters is 1. The van der Waals surface area contributed by atoms with Crippen molar-refractivity contribution in [1.29, 1.82) is 0 Å². The first kappa shape index (κ1) is 36.3. The van der Waals surface area contributed by atoms with E-state index in [2.05, 4.69) is 63.8 Å². The van der Waals surface area contributed by atoms with E-state index in [1.165, 1.54) is 30.3 Å². The molecule has 1 heterocycles. The number of nitrogens with two attached hydrogens (primary N) is 1. The summed E-state index contributed by atoms with van der Waals surface area (Å²) in [5.74, 6) is -0.452. The summed E-state index contributed by atoms with van der Waals surface area (Å²) >= 11 is 0. The number of hydrogen-bond donors (Lipinski definition) is 1. The van der Waals surface area contributed by atoms with Gasteiger partial charge in [-0.25, -0.2) is 4.79 Å². The fraction of sp³-hybridized carbons (Fsp3) is 0.611. The molecule has 2 rings (SSSR count). The molecule has 240 valence electrons. The summed E-state index contributed by atoms with van der Waals surface area (Å²) in [4.78, 5) is 27.7. The third-order valence-electron chi connectivity index (χ3n) is 7.75. The molecule has 0 radical (unpaired) electrons. The van der Waals surface area contributed by atoms with Gasteiger partial charge >= 0.3 is 18.5 Å². The van der Waals surface area contributed by atoms with E-state index in [0.29, 0.717) is 12.1 Å². The van der Waals surface area contributed by atoms with Gasteiger partial charge in [0.05, 0.1) is 5.52 Å². The van der Waals surface area contributed by atoms with Crippen LogP contribution in [0.15, 0.2) is 54.8 Å². The van der Waals surface area contributed by atoms with Gasteiger partial charge in [-0.2, -0.15) is 0 Å². The van der Waals surface area contributed by atoms with Gasteiger partial charge in [0.25, 0.3) is 0 Å². The molecule has 0 spiro atoms. The lowest BCUT2D eigenvalue weighted by molar-refractivity contribution is -0.166. The van der Waals surface area contributed by atoms with Crippen LogP contribution in [0.4, 0.5) is 4.79 Å². The second-order valence-corrected chi connectivity index (χ2v) is 11.9. The Morgan fingerprint density at radius 1 is 0.860 bits per heavy atom. The molecule has 1 aromatic heterocycles. The molecule has 0 saturated carbocycles. The lowest BCUT2D eigenvalue weighted by Gasteiger charge is -2.30. The number of carbonyl (C=O) groups excluding carboxylic acids is 2. The van der Waals surface area contributed by atoms with Crippen LogP contribution in [0.25, 0.3) is 10.9 Å². The Bertz CT molecular complexity index is 1130. The van der Waals surface area contributed by atoms with Gasteiger partial charge in [-0.05, 0) is 84.3 Å². The van der Waals surface area contributed by atoms with Crippen LogP contribution in [0.1, 0.15) is 117 Å². The van der Waals surface area contributed by atoms with Crippen LogP contribution in [0, 0.1) is 0 Å². The van der Waals surface area contributed by atoms with Crippen molar-refractivity contribution < 1.29 is 19.1 Å². The van der Waals surface area contributed by atoms with Crippen LogP contribution in [-0.4, -0.2) is 46.6 Å². The zero-order chi connectivity index (χ0) is 31.5. The van der Waals surface area contributed by atoms with Crippen molar-refractivity contribution in [3.05, 3.63) is 60.3 Å². The summed E-state index contributed by atoms with van der Waals surface area (Å²) < 4.78 is 11.9. The highest BCUT2D eigenvalue weighted by molar-refractivity contribution is 5.92. The lowest BCUT2D eigenvalue weighted by atomic mass is 10.1. The number of nitrogens with zero attached hydrogens (tertiary/aromatic N) is 2. The Morgan fingerprint density at radius 3 is 2.16 bits per heavy atom. The van der Waals surface area contributed by atoms with E-state index in [0.717, 1.165) is 74.4 Å². The maximum atomic E-state index is 13.0. The van der Waals surface area contributed by atoms with Gasteiger partial charge in [-0.1, -0.05) is 81.5 Å². The molecule has 0 amide bonds. The predicted octanol–water partition coefficient (Wildman–Crippen LogP) is 8.89. The van der Waals surface area contributed by atoms with Gasteiger partial charge in [-0.3, -0.25) is 20.0 Å². The third-order valence-corrected chi connectivity index (χ3v) is 7.75. The second-order valence-electron chi connectivity index (χ2n) is 11.9. The maximum Gasteiger partial charge on any atom is 0.422 e. The second kappa shape index (κ2) is 20.9. The van der Waals surface area contributed by atoms with Crippen molar-refractivity contribution in [2.75, 3.05) is 6.54 Å². The first-order valence-corrected chi connectivity index (χ1v) is 16.5.